The van der Waals surface area contributed by atoms with E-state index in [4.69, 9.17) is 4.74 Å². The smallest absolute Gasteiger partial charge is 0.318 e. The lowest BCUT2D eigenvalue weighted by Gasteiger charge is -2.36. The first-order valence-electron chi connectivity index (χ1n) is 5.39. The Morgan fingerprint density at radius 3 is 3.12 bits per heavy atom. The summed E-state index contributed by atoms with van der Waals surface area (Å²) in [6, 6.07) is 7.66. The Kier molecular flexibility index (Phi) is 2.02. The van der Waals surface area contributed by atoms with Crippen LogP contribution in [0.15, 0.2) is 24.3 Å². The van der Waals surface area contributed by atoms with Gasteiger partial charge in [-0.2, -0.15) is 0 Å². The first-order valence-corrected chi connectivity index (χ1v) is 5.39. The van der Waals surface area contributed by atoms with Crippen LogP contribution in [0.1, 0.15) is 11.1 Å². The molecule has 2 aliphatic rings. The van der Waals surface area contributed by atoms with Crippen molar-refractivity contribution in [3.8, 4) is 0 Å². The molecule has 2 N–H and O–H groups in total. The average Bonchev–Trinajstić information content (AvgIpc) is 2.74. The molecule has 2 atom stereocenters. The van der Waals surface area contributed by atoms with Crippen LogP contribution < -0.4 is 5.32 Å². The van der Waals surface area contributed by atoms with Gasteiger partial charge in [-0.1, -0.05) is 24.3 Å². The predicted molar refractivity (Wildman–Crippen MR) is 57.2 cm³/mol. The van der Waals surface area contributed by atoms with E-state index in [0.717, 1.165) is 11.1 Å². The summed E-state index contributed by atoms with van der Waals surface area (Å²) in [6.45, 7) is 1.57. The highest BCUT2D eigenvalue weighted by Crippen LogP contribution is 2.39. The highest BCUT2D eigenvalue weighted by molar-refractivity contribution is 5.84. The molecule has 1 aromatic carbocycles. The zero-order valence-corrected chi connectivity index (χ0v) is 8.77. The lowest BCUT2D eigenvalue weighted by atomic mass is 9.74. The van der Waals surface area contributed by atoms with E-state index in [-0.39, 0.29) is 6.10 Å². The van der Waals surface area contributed by atoms with Gasteiger partial charge < -0.3 is 15.2 Å². The van der Waals surface area contributed by atoms with Crippen LogP contribution in [0.3, 0.4) is 0 Å². The monoisotopic (exact) mass is 219 g/mol. The first-order chi connectivity index (χ1) is 7.75. The highest BCUT2D eigenvalue weighted by Gasteiger charge is 2.54. The summed E-state index contributed by atoms with van der Waals surface area (Å²) in [5.74, 6) is -0.797. The normalized spacial score (nSPS) is 31.9. The predicted octanol–water partition coefficient (Wildman–Crippen LogP) is 0.511. The molecule has 0 amide bonds. The molecule has 1 aromatic rings. The van der Waals surface area contributed by atoms with E-state index in [9.17, 15) is 9.90 Å². The first kappa shape index (κ1) is 9.81. The zero-order chi connectivity index (χ0) is 11.2. The Bertz CT molecular complexity index is 446. The minimum Gasteiger partial charge on any atom is -0.480 e. The Hall–Kier alpha value is -1.39. The van der Waals surface area contributed by atoms with Crippen molar-refractivity contribution in [2.45, 2.75) is 18.1 Å². The Balaban J connectivity index is 2.21. The molecule has 3 rings (SSSR count). The van der Waals surface area contributed by atoms with E-state index in [1.807, 2.05) is 24.3 Å². The van der Waals surface area contributed by atoms with Crippen LogP contribution in [-0.2, 0) is 21.6 Å². The van der Waals surface area contributed by atoms with Crippen LogP contribution in [0.25, 0.3) is 0 Å². The second-order valence-corrected chi connectivity index (χ2v) is 4.36. The molecule has 1 fully saturated rings. The summed E-state index contributed by atoms with van der Waals surface area (Å²) < 4.78 is 5.65. The second-order valence-electron chi connectivity index (χ2n) is 4.36. The van der Waals surface area contributed by atoms with Crippen LogP contribution in [0.2, 0.25) is 0 Å². The maximum absolute atomic E-state index is 11.6. The van der Waals surface area contributed by atoms with Gasteiger partial charge in [0.25, 0.3) is 0 Å². The molecule has 0 saturated carbocycles. The van der Waals surface area contributed by atoms with Crippen LogP contribution in [0.5, 0.6) is 0 Å². The van der Waals surface area contributed by atoms with E-state index in [2.05, 4.69) is 5.32 Å². The largest absolute Gasteiger partial charge is 0.480 e. The number of hydrogen-bond acceptors (Lipinski definition) is 3. The van der Waals surface area contributed by atoms with Crippen molar-refractivity contribution < 1.29 is 14.6 Å². The number of ether oxygens (including phenoxy) is 1. The van der Waals surface area contributed by atoms with Gasteiger partial charge in [-0.15, -0.1) is 0 Å². The number of carboxylic acid groups (broad SMARTS) is 1. The molecule has 2 aliphatic heterocycles. The van der Waals surface area contributed by atoms with Crippen LogP contribution >= 0.6 is 0 Å². The van der Waals surface area contributed by atoms with Crippen LogP contribution in [0.4, 0.5) is 0 Å². The SMILES string of the molecule is O=C(O)C12CNCC1OCc1ccccc12. The van der Waals surface area contributed by atoms with E-state index in [1.54, 1.807) is 0 Å². The van der Waals surface area contributed by atoms with E-state index in [1.165, 1.54) is 0 Å². The third-order valence-corrected chi connectivity index (χ3v) is 3.60. The standard InChI is InChI=1S/C12H13NO3/c14-11(15)12-7-13-5-10(12)16-6-8-3-1-2-4-9(8)12/h1-4,10,13H,5-7H2,(H,14,15). The lowest BCUT2D eigenvalue weighted by Crippen LogP contribution is -2.50. The molecule has 0 aliphatic carbocycles. The summed E-state index contributed by atoms with van der Waals surface area (Å²) in [4.78, 5) is 11.6. The summed E-state index contributed by atoms with van der Waals surface area (Å²) in [6.07, 6.45) is -0.250. The maximum Gasteiger partial charge on any atom is 0.318 e. The molecule has 1 saturated heterocycles. The van der Waals surface area contributed by atoms with Crippen LogP contribution in [0, 0.1) is 0 Å². The van der Waals surface area contributed by atoms with Crippen molar-refractivity contribution in [2.75, 3.05) is 13.1 Å². The average molecular weight is 219 g/mol. The number of carbonyl (C=O) groups is 1. The maximum atomic E-state index is 11.6. The van der Waals surface area contributed by atoms with Crippen molar-refractivity contribution in [1.29, 1.82) is 0 Å². The van der Waals surface area contributed by atoms with Gasteiger partial charge in [0.05, 0.1) is 12.7 Å². The number of fused-ring (bicyclic) bond motifs is 3. The Morgan fingerprint density at radius 2 is 2.31 bits per heavy atom. The molecular formula is C12H13NO3. The summed E-state index contributed by atoms with van der Waals surface area (Å²) in [5, 5.41) is 12.6. The molecule has 0 spiro atoms. The van der Waals surface area contributed by atoms with Crippen molar-refractivity contribution in [2.24, 2.45) is 0 Å². The number of nitrogens with one attached hydrogen (secondary N) is 1. The molecular weight excluding hydrogens is 206 g/mol. The van der Waals surface area contributed by atoms with Crippen molar-refractivity contribution >= 4 is 5.97 Å². The summed E-state index contributed by atoms with van der Waals surface area (Å²) in [5.41, 5.74) is 1.00. The van der Waals surface area contributed by atoms with Gasteiger partial charge in [-0.3, -0.25) is 4.79 Å². The van der Waals surface area contributed by atoms with E-state index in [0.29, 0.717) is 19.7 Å². The third-order valence-electron chi connectivity index (χ3n) is 3.60. The zero-order valence-electron chi connectivity index (χ0n) is 8.77. The Labute approximate surface area is 93.2 Å². The lowest BCUT2D eigenvalue weighted by molar-refractivity contribution is -0.150. The summed E-state index contributed by atoms with van der Waals surface area (Å²) >= 11 is 0. The minimum absolute atomic E-state index is 0.250. The minimum atomic E-state index is -0.894. The highest BCUT2D eigenvalue weighted by atomic mass is 16.5. The van der Waals surface area contributed by atoms with Gasteiger partial charge in [-0.05, 0) is 11.1 Å². The number of hydrogen-bond donors (Lipinski definition) is 2. The molecule has 2 heterocycles. The molecule has 4 nitrogen and oxygen atoms in total. The fourth-order valence-corrected chi connectivity index (χ4v) is 2.76. The quantitative estimate of drug-likeness (QED) is 0.722. The van der Waals surface area contributed by atoms with Crippen molar-refractivity contribution in [1.82, 2.24) is 5.32 Å². The van der Waals surface area contributed by atoms with Gasteiger partial charge in [0, 0.05) is 13.1 Å². The van der Waals surface area contributed by atoms with Gasteiger partial charge in [0.2, 0.25) is 0 Å². The topological polar surface area (TPSA) is 58.6 Å². The van der Waals surface area contributed by atoms with Crippen molar-refractivity contribution in [3.63, 3.8) is 0 Å². The number of rotatable bonds is 1. The second kappa shape index (κ2) is 3.30. The van der Waals surface area contributed by atoms with Gasteiger partial charge in [0.15, 0.2) is 0 Å². The fourth-order valence-electron chi connectivity index (χ4n) is 2.76. The fraction of sp³-hybridized carbons (Fsp3) is 0.417. The molecule has 4 heteroatoms. The van der Waals surface area contributed by atoms with E-state index < -0.39 is 11.4 Å². The molecule has 84 valence electrons. The molecule has 16 heavy (non-hydrogen) atoms. The van der Waals surface area contributed by atoms with Gasteiger partial charge in [-0.25, -0.2) is 0 Å². The van der Waals surface area contributed by atoms with Gasteiger partial charge in [0.1, 0.15) is 5.41 Å². The summed E-state index contributed by atoms with van der Waals surface area (Å²) in [7, 11) is 0. The van der Waals surface area contributed by atoms with Crippen LogP contribution in [-0.4, -0.2) is 30.3 Å². The molecule has 2 unspecified atom stereocenters. The third kappa shape index (κ3) is 1.08. The molecule has 0 bridgehead atoms. The van der Waals surface area contributed by atoms with Gasteiger partial charge >= 0.3 is 5.97 Å². The number of benzene rings is 1. The molecule has 0 radical (unpaired) electrons. The number of carboxylic acids is 1. The number of aliphatic carboxylic acids is 1. The van der Waals surface area contributed by atoms with E-state index >= 15 is 0 Å². The van der Waals surface area contributed by atoms with Crippen molar-refractivity contribution in [3.05, 3.63) is 35.4 Å². The molecule has 0 aromatic heterocycles. The Morgan fingerprint density at radius 1 is 1.50 bits per heavy atom.